The molecule has 1 aromatic carbocycles. The molecule has 7 nitrogen and oxygen atoms in total. The highest BCUT2D eigenvalue weighted by Crippen LogP contribution is 2.24. The minimum atomic E-state index is -0.0591. The van der Waals surface area contributed by atoms with Gasteiger partial charge in [0.25, 0.3) is 5.91 Å². The molecule has 1 aromatic rings. The molecule has 0 spiro atoms. The van der Waals surface area contributed by atoms with E-state index in [4.69, 9.17) is 9.47 Å². The van der Waals surface area contributed by atoms with E-state index in [1.807, 2.05) is 4.90 Å². The SMILES string of the molecule is COc1cc(OC)cc(C(=O)N2CCN(C(=O)C3CCNCC3)CC2)c1. The average molecular weight is 361 g/mol. The molecule has 2 heterocycles. The molecule has 2 aliphatic rings. The molecule has 0 bridgehead atoms. The van der Waals surface area contributed by atoms with Gasteiger partial charge in [0.1, 0.15) is 11.5 Å². The van der Waals surface area contributed by atoms with Crippen molar-refractivity contribution >= 4 is 11.8 Å². The van der Waals surface area contributed by atoms with E-state index in [1.54, 1.807) is 37.3 Å². The lowest BCUT2D eigenvalue weighted by molar-refractivity contribution is -0.137. The van der Waals surface area contributed by atoms with Crippen LogP contribution in [0.1, 0.15) is 23.2 Å². The Labute approximate surface area is 154 Å². The summed E-state index contributed by atoms with van der Waals surface area (Å²) >= 11 is 0. The summed E-state index contributed by atoms with van der Waals surface area (Å²) in [6, 6.07) is 5.18. The van der Waals surface area contributed by atoms with E-state index in [9.17, 15) is 9.59 Å². The fourth-order valence-electron chi connectivity index (χ4n) is 3.57. The number of hydrogen-bond acceptors (Lipinski definition) is 5. The van der Waals surface area contributed by atoms with Gasteiger partial charge < -0.3 is 24.6 Å². The summed E-state index contributed by atoms with van der Waals surface area (Å²) in [5.41, 5.74) is 0.541. The van der Waals surface area contributed by atoms with Crippen LogP contribution in [0.2, 0.25) is 0 Å². The third-order valence-corrected chi connectivity index (χ3v) is 5.17. The lowest BCUT2D eigenvalue weighted by Gasteiger charge is -2.37. The van der Waals surface area contributed by atoms with E-state index in [0.29, 0.717) is 43.2 Å². The zero-order chi connectivity index (χ0) is 18.5. The first-order chi connectivity index (χ1) is 12.6. The fraction of sp³-hybridized carbons (Fsp3) is 0.579. The summed E-state index contributed by atoms with van der Waals surface area (Å²) < 4.78 is 10.5. The maximum absolute atomic E-state index is 12.8. The van der Waals surface area contributed by atoms with Crippen molar-refractivity contribution in [3.63, 3.8) is 0 Å². The summed E-state index contributed by atoms with van der Waals surface area (Å²) in [5, 5.41) is 3.29. The summed E-state index contributed by atoms with van der Waals surface area (Å²) in [4.78, 5) is 29.1. The molecule has 142 valence electrons. The Morgan fingerprint density at radius 3 is 2.00 bits per heavy atom. The Bertz CT molecular complexity index is 628. The molecule has 1 N–H and O–H groups in total. The fourth-order valence-corrected chi connectivity index (χ4v) is 3.57. The second-order valence-corrected chi connectivity index (χ2v) is 6.74. The van der Waals surface area contributed by atoms with Gasteiger partial charge in [0, 0.05) is 43.7 Å². The number of methoxy groups -OCH3 is 2. The molecule has 0 saturated carbocycles. The van der Waals surface area contributed by atoms with E-state index in [2.05, 4.69) is 5.32 Å². The number of rotatable bonds is 4. The van der Waals surface area contributed by atoms with E-state index in [1.165, 1.54) is 0 Å². The number of ether oxygens (including phenoxy) is 2. The molecule has 2 saturated heterocycles. The Balaban J connectivity index is 1.60. The van der Waals surface area contributed by atoms with Crippen LogP contribution in [0, 0.1) is 5.92 Å². The normalized spacial score (nSPS) is 18.5. The van der Waals surface area contributed by atoms with Crippen molar-refractivity contribution in [3.8, 4) is 11.5 Å². The van der Waals surface area contributed by atoms with Gasteiger partial charge in [-0.3, -0.25) is 9.59 Å². The predicted octanol–water partition coefficient (Wildman–Crippen LogP) is 0.988. The van der Waals surface area contributed by atoms with Crippen LogP contribution >= 0.6 is 0 Å². The van der Waals surface area contributed by atoms with Gasteiger partial charge >= 0.3 is 0 Å². The van der Waals surface area contributed by atoms with Gasteiger partial charge in [-0.05, 0) is 38.1 Å². The number of carbonyl (C=O) groups is 2. The van der Waals surface area contributed by atoms with Crippen molar-refractivity contribution in [3.05, 3.63) is 23.8 Å². The third-order valence-electron chi connectivity index (χ3n) is 5.17. The van der Waals surface area contributed by atoms with Crippen LogP contribution in [0.15, 0.2) is 18.2 Å². The van der Waals surface area contributed by atoms with Gasteiger partial charge in [0.05, 0.1) is 14.2 Å². The second kappa shape index (κ2) is 8.40. The van der Waals surface area contributed by atoms with Gasteiger partial charge in [-0.25, -0.2) is 0 Å². The molecular formula is C19H27N3O4. The number of piperidine rings is 1. The number of piperazine rings is 1. The van der Waals surface area contributed by atoms with Crippen molar-refractivity contribution in [2.75, 3.05) is 53.5 Å². The monoisotopic (exact) mass is 361 g/mol. The Hall–Kier alpha value is -2.28. The number of nitrogens with one attached hydrogen (secondary N) is 1. The maximum atomic E-state index is 12.8. The molecule has 0 aromatic heterocycles. The van der Waals surface area contributed by atoms with E-state index < -0.39 is 0 Å². The minimum Gasteiger partial charge on any atom is -0.497 e. The first-order valence-electron chi connectivity index (χ1n) is 9.14. The predicted molar refractivity (Wildman–Crippen MR) is 97.6 cm³/mol. The molecule has 3 rings (SSSR count). The number of amides is 2. The molecule has 2 fully saturated rings. The highest BCUT2D eigenvalue weighted by molar-refractivity contribution is 5.95. The summed E-state index contributed by atoms with van der Waals surface area (Å²) in [7, 11) is 3.13. The quantitative estimate of drug-likeness (QED) is 0.866. The lowest BCUT2D eigenvalue weighted by atomic mass is 9.96. The second-order valence-electron chi connectivity index (χ2n) is 6.74. The van der Waals surface area contributed by atoms with Gasteiger partial charge in [-0.2, -0.15) is 0 Å². The maximum Gasteiger partial charge on any atom is 0.254 e. The molecule has 0 aliphatic carbocycles. The first-order valence-corrected chi connectivity index (χ1v) is 9.14. The Kier molecular flexibility index (Phi) is 5.98. The largest absolute Gasteiger partial charge is 0.497 e. The molecule has 0 radical (unpaired) electrons. The van der Waals surface area contributed by atoms with Crippen LogP contribution in [0.4, 0.5) is 0 Å². The summed E-state index contributed by atoms with van der Waals surface area (Å²) in [6.45, 7) is 4.11. The summed E-state index contributed by atoms with van der Waals surface area (Å²) in [5.74, 6) is 1.49. The topological polar surface area (TPSA) is 71.1 Å². The lowest BCUT2D eigenvalue weighted by Crippen LogP contribution is -2.52. The van der Waals surface area contributed by atoms with Crippen molar-refractivity contribution < 1.29 is 19.1 Å². The van der Waals surface area contributed by atoms with Crippen LogP contribution in [0.25, 0.3) is 0 Å². The van der Waals surface area contributed by atoms with Crippen molar-refractivity contribution in [2.45, 2.75) is 12.8 Å². The minimum absolute atomic E-state index is 0.0591. The standard InChI is InChI=1S/C19H27N3O4/c1-25-16-11-15(12-17(13-16)26-2)19(24)22-9-7-21(8-10-22)18(23)14-3-5-20-6-4-14/h11-14,20H,3-10H2,1-2H3. The van der Waals surface area contributed by atoms with Gasteiger partial charge in [-0.1, -0.05) is 0 Å². The number of nitrogens with zero attached hydrogens (tertiary/aromatic N) is 2. The Morgan fingerprint density at radius 2 is 1.46 bits per heavy atom. The number of hydrogen-bond donors (Lipinski definition) is 1. The van der Waals surface area contributed by atoms with E-state index in [-0.39, 0.29) is 17.7 Å². The number of benzene rings is 1. The molecule has 7 heteroatoms. The molecule has 2 amide bonds. The van der Waals surface area contributed by atoms with Gasteiger partial charge in [0.15, 0.2) is 0 Å². The molecule has 2 aliphatic heterocycles. The highest BCUT2D eigenvalue weighted by Gasteiger charge is 2.30. The van der Waals surface area contributed by atoms with Gasteiger partial charge in [0.2, 0.25) is 5.91 Å². The van der Waals surface area contributed by atoms with Crippen LogP contribution in [-0.2, 0) is 4.79 Å². The van der Waals surface area contributed by atoms with Crippen molar-refractivity contribution in [1.29, 1.82) is 0 Å². The van der Waals surface area contributed by atoms with Crippen LogP contribution in [0.5, 0.6) is 11.5 Å². The zero-order valence-corrected chi connectivity index (χ0v) is 15.5. The van der Waals surface area contributed by atoms with Gasteiger partial charge in [-0.15, -0.1) is 0 Å². The smallest absolute Gasteiger partial charge is 0.254 e. The molecule has 0 atom stereocenters. The van der Waals surface area contributed by atoms with Crippen LogP contribution in [0.3, 0.4) is 0 Å². The van der Waals surface area contributed by atoms with Crippen LogP contribution < -0.4 is 14.8 Å². The Morgan fingerprint density at radius 1 is 0.923 bits per heavy atom. The first kappa shape index (κ1) is 18.5. The molecule has 26 heavy (non-hydrogen) atoms. The average Bonchev–Trinajstić information content (AvgIpc) is 2.73. The van der Waals surface area contributed by atoms with Crippen molar-refractivity contribution in [1.82, 2.24) is 15.1 Å². The van der Waals surface area contributed by atoms with E-state index >= 15 is 0 Å². The zero-order valence-electron chi connectivity index (χ0n) is 15.5. The highest BCUT2D eigenvalue weighted by atomic mass is 16.5. The van der Waals surface area contributed by atoms with E-state index in [0.717, 1.165) is 25.9 Å². The van der Waals surface area contributed by atoms with Crippen LogP contribution in [-0.4, -0.2) is 75.1 Å². The molecular weight excluding hydrogens is 334 g/mol. The third kappa shape index (κ3) is 4.09. The number of carbonyl (C=O) groups excluding carboxylic acids is 2. The summed E-state index contributed by atoms with van der Waals surface area (Å²) in [6.07, 6.45) is 1.81. The molecule has 0 unspecified atom stereocenters. The van der Waals surface area contributed by atoms with Crippen molar-refractivity contribution in [2.24, 2.45) is 5.92 Å².